The number of hydrogen-bond donors (Lipinski definition) is 0. The van der Waals surface area contributed by atoms with E-state index in [1.54, 1.807) is 12.1 Å². The number of nitriles is 2. The highest BCUT2D eigenvalue weighted by Crippen LogP contribution is 2.48. The Hall–Kier alpha value is -4.36. The van der Waals surface area contributed by atoms with Crippen molar-refractivity contribution in [3.8, 4) is 12.1 Å². The summed E-state index contributed by atoms with van der Waals surface area (Å²) in [5.41, 5.74) is 1.62. The Morgan fingerprint density at radius 3 is 1.48 bits per heavy atom. The SMILES string of the molecule is [C-]#[N+]C(C#N)=C1CC(=C(C#N)[N+]#[C-])c2cc([N+]#[C-])c([N+]#[C-])cc21. The van der Waals surface area contributed by atoms with Crippen LogP contribution in [0.4, 0.5) is 11.4 Å². The molecule has 6 nitrogen and oxygen atoms in total. The minimum Gasteiger partial charge on any atom is -0.250 e. The fourth-order valence-electron chi connectivity index (χ4n) is 2.36. The predicted molar refractivity (Wildman–Crippen MR) is 81.9 cm³/mol. The molecule has 0 radical (unpaired) electrons. The number of benzene rings is 1. The van der Waals surface area contributed by atoms with Gasteiger partial charge in [-0.15, -0.1) is 0 Å². The molecule has 102 valence electrons. The van der Waals surface area contributed by atoms with Crippen LogP contribution < -0.4 is 0 Å². The minimum atomic E-state index is -0.144. The Bertz CT molecular complexity index is 926. The van der Waals surface area contributed by atoms with Gasteiger partial charge in [0.2, 0.25) is 0 Å². The molecule has 0 saturated carbocycles. The number of nitrogens with zero attached hydrogens (tertiary/aromatic N) is 6. The maximum absolute atomic E-state index is 9.11. The maximum Gasteiger partial charge on any atom is 0.265 e. The van der Waals surface area contributed by atoms with Crippen molar-refractivity contribution in [2.75, 3.05) is 0 Å². The molecule has 0 atom stereocenters. The Morgan fingerprint density at radius 2 is 1.22 bits per heavy atom. The van der Waals surface area contributed by atoms with Gasteiger partial charge in [0.1, 0.15) is 0 Å². The molecular formula is C17H4N6. The van der Waals surface area contributed by atoms with E-state index in [2.05, 4.69) is 19.4 Å². The normalized spacial score (nSPS) is 15.6. The largest absolute Gasteiger partial charge is 0.265 e. The van der Waals surface area contributed by atoms with Gasteiger partial charge in [0, 0.05) is 0 Å². The Kier molecular flexibility index (Phi) is 3.89. The van der Waals surface area contributed by atoms with Crippen LogP contribution in [0.25, 0.3) is 30.5 Å². The first-order chi connectivity index (χ1) is 11.1. The van der Waals surface area contributed by atoms with E-state index < -0.39 is 0 Å². The van der Waals surface area contributed by atoms with Crippen molar-refractivity contribution in [1.82, 2.24) is 0 Å². The van der Waals surface area contributed by atoms with Gasteiger partial charge in [0.05, 0.1) is 38.4 Å². The van der Waals surface area contributed by atoms with Gasteiger partial charge < -0.3 is 0 Å². The van der Waals surface area contributed by atoms with Crippen molar-refractivity contribution in [2.24, 2.45) is 0 Å². The highest BCUT2D eigenvalue weighted by Gasteiger charge is 2.28. The van der Waals surface area contributed by atoms with Crippen LogP contribution in [-0.4, -0.2) is 0 Å². The van der Waals surface area contributed by atoms with Crippen molar-refractivity contribution in [1.29, 1.82) is 10.5 Å². The lowest BCUT2D eigenvalue weighted by molar-refractivity contribution is 1.42. The Morgan fingerprint density at radius 1 is 0.826 bits per heavy atom. The highest BCUT2D eigenvalue weighted by atomic mass is 14.8. The lowest BCUT2D eigenvalue weighted by atomic mass is 10.0. The van der Waals surface area contributed by atoms with Gasteiger partial charge in [-0.3, -0.25) is 9.69 Å². The van der Waals surface area contributed by atoms with Gasteiger partial charge in [-0.2, -0.15) is 0 Å². The fraction of sp³-hybridized carbons (Fsp3) is 0.0588. The third-order valence-electron chi connectivity index (χ3n) is 3.37. The van der Waals surface area contributed by atoms with Crippen LogP contribution in [0.3, 0.4) is 0 Å². The minimum absolute atomic E-state index is 0.0881. The second-order valence-electron chi connectivity index (χ2n) is 4.39. The molecule has 6 heteroatoms. The summed E-state index contributed by atoms with van der Waals surface area (Å²) in [6.45, 7) is 28.5. The second kappa shape index (κ2) is 5.95. The molecule has 23 heavy (non-hydrogen) atoms. The monoisotopic (exact) mass is 292 g/mol. The summed E-state index contributed by atoms with van der Waals surface area (Å²) in [4.78, 5) is 12.9. The van der Waals surface area contributed by atoms with E-state index in [9.17, 15) is 0 Å². The van der Waals surface area contributed by atoms with Crippen molar-refractivity contribution in [2.45, 2.75) is 6.42 Å². The third-order valence-corrected chi connectivity index (χ3v) is 3.37. The number of rotatable bonds is 0. The molecule has 0 aliphatic heterocycles. The fourth-order valence-corrected chi connectivity index (χ4v) is 2.36. The smallest absolute Gasteiger partial charge is 0.250 e. The summed E-state index contributed by atoms with van der Waals surface area (Å²) in [6, 6.07) is 6.49. The molecule has 1 aliphatic rings. The highest BCUT2D eigenvalue weighted by molar-refractivity contribution is 6.00. The topological polar surface area (TPSA) is 65.0 Å². The lowest BCUT2D eigenvalue weighted by Gasteiger charge is -2.05. The predicted octanol–water partition coefficient (Wildman–Crippen LogP) is 4.50. The third kappa shape index (κ3) is 2.27. The van der Waals surface area contributed by atoms with E-state index in [0.717, 1.165) is 0 Å². The van der Waals surface area contributed by atoms with E-state index in [4.69, 9.17) is 36.8 Å². The summed E-state index contributed by atoms with van der Waals surface area (Å²) in [6.07, 6.45) is 0.0881. The second-order valence-corrected chi connectivity index (χ2v) is 4.39. The van der Waals surface area contributed by atoms with Gasteiger partial charge >= 0.3 is 0 Å². The Balaban J connectivity index is 2.99. The molecule has 1 aromatic rings. The number of hydrogen-bond acceptors (Lipinski definition) is 2. The maximum atomic E-state index is 9.11. The molecule has 2 rings (SSSR count). The van der Waals surface area contributed by atoms with Gasteiger partial charge in [0.15, 0.2) is 11.4 Å². The van der Waals surface area contributed by atoms with E-state index in [-0.39, 0.29) is 29.2 Å². The molecule has 0 fully saturated rings. The Labute approximate surface area is 132 Å². The van der Waals surface area contributed by atoms with E-state index >= 15 is 0 Å². The molecule has 0 saturated heterocycles. The molecule has 0 bridgehead atoms. The van der Waals surface area contributed by atoms with Crippen LogP contribution in [0.5, 0.6) is 0 Å². The molecule has 0 aromatic heterocycles. The number of allylic oxidation sites excluding steroid dienone is 4. The zero-order chi connectivity index (χ0) is 17.0. The van der Waals surface area contributed by atoms with E-state index in [0.29, 0.717) is 22.3 Å². The molecule has 0 heterocycles. The average molecular weight is 292 g/mol. The molecule has 1 aromatic carbocycles. The first kappa shape index (κ1) is 15.0. The summed E-state index contributed by atoms with van der Waals surface area (Å²) in [5.74, 6) is 0. The van der Waals surface area contributed by atoms with Gasteiger partial charge in [0.25, 0.3) is 11.4 Å². The van der Waals surface area contributed by atoms with Crippen LogP contribution in [-0.2, 0) is 0 Å². The molecular weight excluding hydrogens is 288 g/mol. The van der Waals surface area contributed by atoms with E-state index in [1.807, 2.05) is 0 Å². The zero-order valence-corrected chi connectivity index (χ0v) is 11.5. The average Bonchev–Trinajstić information content (AvgIpc) is 2.94. The molecule has 0 N–H and O–H groups in total. The van der Waals surface area contributed by atoms with Crippen LogP contribution >= 0.6 is 0 Å². The van der Waals surface area contributed by atoms with E-state index in [1.165, 1.54) is 12.1 Å². The van der Waals surface area contributed by atoms with Crippen molar-refractivity contribution >= 4 is 22.5 Å². The van der Waals surface area contributed by atoms with Gasteiger partial charge in [-0.1, -0.05) is 12.1 Å². The van der Waals surface area contributed by atoms with Gasteiger partial charge in [-0.25, -0.2) is 20.2 Å². The standard InChI is InChI=1S/C17H4N6/c1-20-14-6-10-11(7-15(14)21-2)13(17(9-19)23-4)5-12(10)16(8-18)22-3/h6-7H,5H2. The van der Waals surface area contributed by atoms with Crippen LogP contribution in [0, 0.1) is 49.0 Å². The molecule has 1 aliphatic carbocycles. The van der Waals surface area contributed by atoms with Crippen LogP contribution in [0.15, 0.2) is 23.5 Å². The van der Waals surface area contributed by atoms with Crippen LogP contribution in [0.1, 0.15) is 17.5 Å². The first-order valence-electron chi connectivity index (χ1n) is 6.10. The first-order valence-corrected chi connectivity index (χ1v) is 6.10. The molecule has 0 unspecified atom stereocenters. The van der Waals surface area contributed by atoms with Crippen molar-refractivity contribution < 1.29 is 0 Å². The molecule has 0 amide bonds. The van der Waals surface area contributed by atoms with Gasteiger partial charge in [-0.05, 0) is 28.7 Å². The molecule has 0 spiro atoms. The lowest BCUT2D eigenvalue weighted by Crippen LogP contribution is -1.84. The summed E-state index contributed by atoms with van der Waals surface area (Å²) in [5, 5.41) is 18.2. The number of fused-ring (bicyclic) bond motifs is 1. The summed E-state index contributed by atoms with van der Waals surface area (Å²) < 4.78 is 0. The zero-order valence-electron chi connectivity index (χ0n) is 11.5. The van der Waals surface area contributed by atoms with Crippen molar-refractivity contribution in [3.05, 3.63) is 80.3 Å². The van der Waals surface area contributed by atoms with Crippen LogP contribution in [0.2, 0.25) is 0 Å². The summed E-state index contributed by atoms with van der Waals surface area (Å²) in [7, 11) is 0. The summed E-state index contributed by atoms with van der Waals surface area (Å²) >= 11 is 0. The quantitative estimate of drug-likeness (QED) is 0.522. The van der Waals surface area contributed by atoms with Crippen molar-refractivity contribution in [3.63, 3.8) is 0 Å².